The van der Waals surface area contributed by atoms with Crippen molar-refractivity contribution in [3.05, 3.63) is 0 Å². The molecule has 0 aromatic carbocycles. The molecule has 1 unspecified atom stereocenters. The van der Waals surface area contributed by atoms with Gasteiger partial charge in [-0.25, -0.2) is 0 Å². The van der Waals surface area contributed by atoms with Gasteiger partial charge in [0, 0.05) is 0 Å². The Bertz CT molecular complexity index is 198. The van der Waals surface area contributed by atoms with Crippen molar-refractivity contribution < 1.29 is 14.3 Å². The summed E-state index contributed by atoms with van der Waals surface area (Å²) in [7, 11) is 0. The smallest absolute Gasteiger partial charge is 0.288 e. The lowest BCUT2D eigenvalue weighted by molar-refractivity contribution is -0.124. The van der Waals surface area contributed by atoms with Gasteiger partial charge in [0.25, 0.3) is 5.24 Å². The standard InChI is InChI=1S/C6H7NO3S/c8-5-3-11-6(9)7(5)1-4-2-10-4/h4H,1-3H2. The van der Waals surface area contributed by atoms with E-state index in [0.29, 0.717) is 18.9 Å². The molecule has 2 fully saturated rings. The van der Waals surface area contributed by atoms with E-state index in [2.05, 4.69) is 0 Å². The second kappa shape index (κ2) is 2.49. The number of amides is 2. The number of nitrogens with zero attached hydrogens (tertiary/aromatic N) is 1. The quantitative estimate of drug-likeness (QED) is 0.555. The fourth-order valence-corrected chi connectivity index (χ4v) is 1.67. The first-order chi connectivity index (χ1) is 5.27. The highest BCUT2D eigenvalue weighted by Gasteiger charge is 2.35. The molecular weight excluding hydrogens is 166 g/mol. The van der Waals surface area contributed by atoms with E-state index in [4.69, 9.17) is 4.74 Å². The number of rotatable bonds is 2. The molecule has 2 rings (SSSR count). The molecule has 2 saturated heterocycles. The van der Waals surface area contributed by atoms with Crippen LogP contribution >= 0.6 is 11.8 Å². The Morgan fingerprint density at radius 1 is 1.64 bits per heavy atom. The molecule has 2 aliphatic heterocycles. The fourth-order valence-electron chi connectivity index (χ4n) is 0.935. The Balaban J connectivity index is 1.97. The van der Waals surface area contributed by atoms with Gasteiger partial charge in [-0.05, 0) is 0 Å². The van der Waals surface area contributed by atoms with Gasteiger partial charge in [-0.2, -0.15) is 0 Å². The summed E-state index contributed by atoms with van der Waals surface area (Å²) in [4.78, 5) is 23.2. The topological polar surface area (TPSA) is 49.9 Å². The molecule has 0 bridgehead atoms. The van der Waals surface area contributed by atoms with Gasteiger partial charge in [0.2, 0.25) is 5.91 Å². The van der Waals surface area contributed by atoms with Crippen molar-refractivity contribution in [2.24, 2.45) is 0 Å². The van der Waals surface area contributed by atoms with Crippen LogP contribution in [0.3, 0.4) is 0 Å². The van der Waals surface area contributed by atoms with Gasteiger partial charge in [0.05, 0.1) is 25.0 Å². The van der Waals surface area contributed by atoms with E-state index >= 15 is 0 Å². The average molecular weight is 173 g/mol. The second-order valence-electron chi connectivity index (χ2n) is 2.51. The molecule has 2 heterocycles. The van der Waals surface area contributed by atoms with Crippen molar-refractivity contribution >= 4 is 22.9 Å². The number of imide groups is 1. The van der Waals surface area contributed by atoms with Crippen LogP contribution in [0.5, 0.6) is 0 Å². The third-order valence-corrected chi connectivity index (χ3v) is 2.49. The maximum atomic E-state index is 11.0. The summed E-state index contributed by atoms with van der Waals surface area (Å²) in [6, 6.07) is 0. The monoisotopic (exact) mass is 173 g/mol. The third kappa shape index (κ3) is 1.39. The van der Waals surface area contributed by atoms with E-state index in [1.165, 1.54) is 4.90 Å². The maximum absolute atomic E-state index is 11.0. The summed E-state index contributed by atoms with van der Waals surface area (Å²) in [6.07, 6.45) is 0.113. The molecule has 0 aromatic heterocycles. The number of ether oxygens (including phenoxy) is 1. The van der Waals surface area contributed by atoms with E-state index < -0.39 is 0 Å². The van der Waals surface area contributed by atoms with Gasteiger partial charge < -0.3 is 4.74 Å². The highest BCUT2D eigenvalue weighted by Crippen LogP contribution is 2.21. The zero-order valence-corrected chi connectivity index (χ0v) is 6.60. The van der Waals surface area contributed by atoms with Crippen molar-refractivity contribution in [3.8, 4) is 0 Å². The maximum Gasteiger partial charge on any atom is 0.288 e. The first-order valence-electron chi connectivity index (χ1n) is 3.36. The van der Waals surface area contributed by atoms with Crippen molar-refractivity contribution in [1.82, 2.24) is 4.90 Å². The van der Waals surface area contributed by atoms with Gasteiger partial charge in [0.1, 0.15) is 0 Å². The van der Waals surface area contributed by atoms with E-state index in [1.54, 1.807) is 0 Å². The van der Waals surface area contributed by atoms with Crippen LogP contribution in [0.1, 0.15) is 0 Å². The van der Waals surface area contributed by atoms with Crippen LogP contribution in [0.2, 0.25) is 0 Å². The minimum absolute atomic E-state index is 0.0875. The average Bonchev–Trinajstić information content (AvgIpc) is 2.73. The highest BCUT2D eigenvalue weighted by atomic mass is 32.2. The third-order valence-electron chi connectivity index (χ3n) is 1.63. The lowest BCUT2D eigenvalue weighted by Crippen LogP contribution is -2.32. The molecule has 0 spiro atoms. The number of thioether (sulfide) groups is 1. The van der Waals surface area contributed by atoms with Crippen molar-refractivity contribution in [3.63, 3.8) is 0 Å². The number of epoxide rings is 1. The van der Waals surface area contributed by atoms with Gasteiger partial charge >= 0.3 is 0 Å². The molecule has 2 aliphatic rings. The Hall–Kier alpha value is -0.550. The highest BCUT2D eigenvalue weighted by molar-refractivity contribution is 8.14. The lowest BCUT2D eigenvalue weighted by atomic mass is 10.4. The number of carbonyl (C=O) groups is 2. The van der Waals surface area contributed by atoms with E-state index in [9.17, 15) is 9.59 Å². The summed E-state index contributed by atoms with van der Waals surface area (Å²) in [5.74, 6) is 0.210. The Morgan fingerprint density at radius 2 is 2.36 bits per heavy atom. The molecule has 4 nitrogen and oxygen atoms in total. The van der Waals surface area contributed by atoms with Crippen LogP contribution in [-0.4, -0.2) is 41.1 Å². The summed E-state index contributed by atoms with van der Waals surface area (Å²) in [6.45, 7) is 1.13. The SMILES string of the molecule is O=C1CSC(=O)N1CC1CO1. The van der Waals surface area contributed by atoms with Crippen LogP contribution in [0, 0.1) is 0 Å². The molecule has 0 N–H and O–H groups in total. The van der Waals surface area contributed by atoms with E-state index in [-0.39, 0.29) is 17.3 Å². The molecule has 5 heteroatoms. The molecule has 1 atom stereocenters. The Labute approximate surface area is 67.9 Å². The van der Waals surface area contributed by atoms with Crippen molar-refractivity contribution in [1.29, 1.82) is 0 Å². The van der Waals surface area contributed by atoms with Crippen molar-refractivity contribution in [2.75, 3.05) is 18.9 Å². The minimum atomic E-state index is -0.134. The normalized spacial score (nSPS) is 29.8. The van der Waals surface area contributed by atoms with Gasteiger partial charge in [-0.15, -0.1) is 0 Å². The summed E-state index contributed by atoms with van der Waals surface area (Å²) >= 11 is 1.07. The minimum Gasteiger partial charge on any atom is -0.371 e. The largest absolute Gasteiger partial charge is 0.371 e. The summed E-state index contributed by atoms with van der Waals surface area (Å²) < 4.78 is 4.91. The molecule has 0 radical (unpaired) electrons. The van der Waals surface area contributed by atoms with Crippen molar-refractivity contribution in [2.45, 2.75) is 6.10 Å². The number of carbonyl (C=O) groups excluding carboxylic acids is 2. The molecule has 2 amide bonds. The number of hydrogen-bond donors (Lipinski definition) is 0. The Morgan fingerprint density at radius 3 is 2.82 bits per heavy atom. The van der Waals surface area contributed by atoms with Gasteiger partial charge in [-0.1, -0.05) is 11.8 Å². The first kappa shape index (κ1) is 7.12. The summed E-state index contributed by atoms with van der Waals surface area (Å²) in [5, 5.41) is -0.134. The second-order valence-corrected chi connectivity index (χ2v) is 3.44. The fraction of sp³-hybridized carbons (Fsp3) is 0.667. The molecule has 0 saturated carbocycles. The predicted molar refractivity (Wildman–Crippen MR) is 39.3 cm³/mol. The van der Waals surface area contributed by atoms with Crippen LogP contribution in [-0.2, 0) is 9.53 Å². The number of hydrogen-bond acceptors (Lipinski definition) is 4. The van der Waals surface area contributed by atoms with Gasteiger partial charge in [-0.3, -0.25) is 14.5 Å². The molecule has 60 valence electrons. The summed E-state index contributed by atoms with van der Waals surface area (Å²) in [5.41, 5.74) is 0. The Kier molecular flexibility index (Phi) is 1.61. The first-order valence-corrected chi connectivity index (χ1v) is 4.34. The lowest BCUT2D eigenvalue weighted by Gasteiger charge is -2.09. The zero-order chi connectivity index (χ0) is 7.84. The molecular formula is C6H7NO3S. The predicted octanol–water partition coefficient (Wildman–Crippen LogP) is 0.0806. The van der Waals surface area contributed by atoms with Crippen LogP contribution in [0.25, 0.3) is 0 Å². The van der Waals surface area contributed by atoms with E-state index in [0.717, 1.165) is 11.8 Å². The van der Waals surface area contributed by atoms with Crippen LogP contribution in [0.4, 0.5) is 4.79 Å². The van der Waals surface area contributed by atoms with Gasteiger partial charge in [0.15, 0.2) is 0 Å². The van der Waals surface area contributed by atoms with E-state index in [1.807, 2.05) is 0 Å². The van der Waals surface area contributed by atoms with Crippen LogP contribution in [0.15, 0.2) is 0 Å². The molecule has 0 aromatic rings. The molecule has 0 aliphatic carbocycles. The zero-order valence-electron chi connectivity index (χ0n) is 5.78. The van der Waals surface area contributed by atoms with Crippen LogP contribution < -0.4 is 0 Å². The molecule has 11 heavy (non-hydrogen) atoms.